The van der Waals surface area contributed by atoms with Gasteiger partial charge in [0.25, 0.3) is 0 Å². The zero-order chi connectivity index (χ0) is 19.4. The molecule has 0 spiro atoms. The molecule has 1 aliphatic heterocycles. The predicted octanol–water partition coefficient (Wildman–Crippen LogP) is 1.31. The number of esters is 3. The number of carbonyl (C=O) groups excluding carboxylic acids is 3. The van der Waals surface area contributed by atoms with Gasteiger partial charge in [-0.05, 0) is 24.6 Å². The maximum atomic E-state index is 14.2. The summed E-state index contributed by atoms with van der Waals surface area (Å²) in [5.74, 6) is -3.01. The Morgan fingerprint density at radius 3 is 2.23 bits per heavy atom. The van der Waals surface area contributed by atoms with Gasteiger partial charge in [0.2, 0.25) is 0 Å². The van der Waals surface area contributed by atoms with Crippen LogP contribution in [0, 0.1) is 12.7 Å². The van der Waals surface area contributed by atoms with E-state index in [0.29, 0.717) is 0 Å². The maximum Gasteiger partial charge on any atom is 0.355 e. The van der Waals surface area contributed by atoms with E-state index in [1.54, 1.807) is 0 Å². The molecule has 0 aliphatic carbocycles. The summed E-state index contributed by atoms with van der Waals surface area (Å²) < 4.78 is 33.6. The molecule has 2 rings (SSSR count). The molecule has 0 N–H and O–H groups in total. The van der Waals surface area contributed by atoms with Gasteiger partial charge in [0.1, 0.15) is 18.2 Å². The van der Waals surface area contributed by atoms with E-state index in [-0.39, 0.29) is 41.4 Å². The number of aryl methyl sites for hydroxylation is 1. The van der Waals surface area contributed by atoms with Crippen molar-refractivity contribution in [3.63, 3.8) is 0 Å². The minimum Gasteiger partial charge on any atom is -0.466 e. The summed E-state index contributed by atoms with van der Waals surface area (Å²) in [7, 11) is 3.46. The van der Waals surface area contributed by atoms with Gasteiger partial charge in [-0.25, -0.2) is 18.8 Å². The van der Waals surface area contributed by atoms with Crippen LogP contribution >= 0.6 is 0 Å². The standard InChI is InChI=1S/C17H18FNO7/c1-9-5-10(15(20)23-2)13(6-12(9)18)19-8-26-7-11(16(21)24-3)14(19)17(22)25-4/h5-6H,7-8H2,1-4H3. The van der Waals surface area contributed by atoms with Crippen LogP contribution in [0.5, 0.6) is 0 Å². The fourth-order valence-corrected chi connectivity index (χ4v) is 2.50. The summed E-state index contributed by atoms with van der Waals surface area (Å²) in [4.78, 5) is 37.6. The molecular weight excluding hydrogens is 349 g/mol. The van der Waals surface area contributed by atoms with Crippen LogP contribution in [-0.4, -0.2) is 52.6 Å². The Morgan fingerprint density at radius 1 is 1.04 bits per heavy atom. The molecule has 0 bridgehead atoms. The molecule has 140 valence electrons. The van der Waals surface area contributed by atoms with E-state index in [4.69, 9.17) is 14.2 Å². The molecule has 0 radical (unpaired) electrons. The topological polar surface area (TPSA) is 91.4 Å². The number of rotatable bonds is 4. The van der Waals surface area contributed by atoms with Gasteiger partial charge in [-0.2, -0.15) is 0 Å². The highest BCUT2D eigenvalue weighted by Crippen LogP contribution is 2.31. The fraction of sp³-hybridized carbons (Fsp3) is 0.353. The molecule has 0 saturated heterocycles. The van der Waals surface area contributed by atoms with Gasteiger partial charge in [-0.3, -0.25) is 0 Å². The molecule has 8 nitrogen and oxygen atoms in total. The van der Waals surface area contributed by atoms with E-state index < -0.39 is 23.7 Å². The molecule has 1 aromatic rings. The van der Waals surface area contributed by atoms with E-state index in [2.05, 4.69) is 4.74 Å². The van der Waals surface area contributed by atoms with E-state index in [1.807, 2.05) is 0 Å². The molecule has 1 aliphatic rings. The Bertz CT molecular complexity index is 788. The number of benzene rings is 1. The Labute approximate surface area is 149 Å². The van der Waals surface area contributed by atoms with Crippen LogP contribution in [0.15, 0.2) is 23.4 Å². The van der Waals surface area contributed by atoms with Gasteiger partial charge in [0, 0.05) is 0 Å². The summed E-state index contributed by atoms with van der Waals surface area (Å²) in [5, 5.41) is 0. The van der Waals surface area contributed by atoms with Crippen molar-refractivity contribution < 1.29 is 37.7 Å². The lowest BCUT2D eigenvalue weighted by molar-refractivity contribution is -0.140. The van der Waals surface area contributed by atoms with Crippen LogP contribution < -0.4 is 4.90 Å². The van der Waals surface area contributed by atoms with Gasteiger partial charge in [0.15, 0.2) is 0 Å². The maximum absolute atomic E-state index is 14.2. The summed E-state index contributed by atoms with van der Waals surface area (Å²) >= 11 is 0. The second-order valence-electron chi connectivity index (χ2n) is 5.33. The summed E-state index contributed by atoms with van der Waals surface area (Å²) in [6.07, 6.45) is 0. The zero-order valence-corrected chi connectivity index (χ0v) is 14.8. The average molecular weight is 367 g/mol. The number of hydrogen-bond acceptors (Lipinski definition) is 8. The molecule has 1 aromatic carbocycles. The van der Waals surface area contributed by atoms with E-state index in [0.717, 1.165) is 20.3 Å². The largest absolute Gasteiger partial charge is 0.466 e. The average Bonchev–Trinajstić information content (AvgIpc) is 2.67. The second kappa shape index (κ2) is 7.96. The first-order valence-corrected chi connectivity index (χ1v) is 7.49. The highest BCUT2D eigenvalue weighted by Gasteiger charge is 2.34. The number of carbonyl (C=O) groups is 3. The van der Waals surface area contributed by atoms with Crippen LogP contribution in [-0.2, 0) is 28.5 Å². The van der Waals surface area contributed by atoms with Crippen molar-refractivity contribution in [1.82, 2.24) is 0 Å². The van der Waals surface area contributed by atoms with Crippen LogP contribution in [0.25, 0.3) is 0 Å². The number of ether oxygens (including phenoxy) is 4. The first-order chi connectivity index (χ1) is 12.3. The Balaban J connectivity index is 2.72. The Morgan fingerprint density at radius 2 is 1.65 bits per heavy atom. The zero-order valence-electron chi connectivity index (χ0n) is 14.8. The van der Waals surface area contributed by atoms with E-state index in [9.17, 15) is 18.8 Å². The first kappa shape index (κ1) is 19.4. The Hall–Kier alpha value is -2.94. The van der Waals surface area contributed by atoms with Crippen molar-refractivity contribution in [2.75, 3.05) is 39.6 Å². The molecule has 1 heterocycles. The van der Waals surface area contributed by atoms with E-state index >= 15 is 0 Å². The number of halogens is 1. The summed E-state index contributed by atoms with van der Waals surface area (Å²) in [6.45, 7) is 1.07. The van der Waals surface area contributed by atoms with Gasteiger partial charge in [-0.15, -0.1) is 0 Å². The Kier molecular flexibility index (Phi) is 5.93. The molecule has 0 unspecified atom stereocenters. The quantitative estimate of drug-likeness (QED) is 0.581. The van der Waals surface area contributed by atoms with Crippen LogP contribution in [0.3, 0.4) is 0 Å². The van der Waals surface area contributed by atoms with Crippen molar-refractivity contribution >= 4 is 23.6 Å². The van der Waals surface area contributed by atoms with Crippen molar-refractivity contribution in [3.8, 4) is 0 Å². The lowest BCUT2D eigenvalue weighted by Gasteiger charge is -2.32. The number of nitrogens with zero attached hydrogens (tertiary/aromatic N) is 1. The van der Waals surface area contributed by atoms with E-state index in [1.165, 1.54) is 25.0 Å². The van der Waals surface area contributed by atoms with Crippen LogP contribution in [0.2, 0.25) is 0 Å². The third kappa shape index (κ3) is 3.52. The monoisotopic (exact) mass is 367 g/mol. The molecular formula is C17H18FNO7. The third-order valence-corrected chi connectivity index (χ3v) is 3.81. The minimum absolute atomic E-state index is 0.00135. The molecule has 0 saturated carbocycles. The fourth-order valence-electron chi connectivity index (χ4n) is 2.50. The van der Waals surface area contributed by atoms with Gasteiger partial charge >= 0.3 is 17.9 Å². The normalized spacial score (nSPS) is 14.1. The van der Waals surface area contributed by atoms with Crippen molar-refractivity contribution in [2.24, 2.45) is 0 Å². The third-order valence-electron chi connectivity index (χ3n) is 3.81. The molecule has 0 fully saturated rings. The second-order valence-corrected chi connectivity index (χ2v) is 5.33. The lowest BCUT2D eigenvalue weighted by atomic mass is 10.1. The molecule has 0 atom stereocenters. The highest BCUT2D eigenvalue weighted by atomic mass is 19.1. The summed E-state index contributed by atoms with van der Waals surface area (Å²) in [5.41, 5.74) is -0.0887. The molecule has 26 heavy (non-hydrogen) atoms. The first-order valence-electron chi connectivity index (χ1n) is 7.49. The minimum atomic E-state index is -0.856. The molecule has 9 heteroatoms. The van der Waals surface area contributed by atoms with Crippen molar-refractivity contribution in [3.05, 3.63) is 40.3 Å². The molecule has 0 amide bonds. The number of hydrogen-bond donors (Lipinski definition) is 0. The van der Waals surface area contributed by atoms with Gasteiger partial charge in [0.05, 0.1) is 44.8 Å². The van der Waals surface area contributed by atoms with Crippen LogP contribution in [0.1, 0.15) is 15.9 Å². The lowest BCUT2D eigenvalue weighted by Crippen LogP contribution is -2.39. The number of methoxy groups -OCH3 is 3. The SMILES string of the molecule is COC(=O)C1=C(C(=O)OC)N(c2cc(F)c(C)cc2C(=O)OC)COC1. The highest BCUT2D eigenvalue weighted by molar-refractivity contribution is 6.05. The molecule has 0 aromatic heterocycles. The summed E-state index contributed by atoms with van der Waals surface area (Å²) in [6, 6.07) is 2.35. The van der Waals surface area contributed by atoms with Crippen LogP contribution in [0.4, 0.5) is 10.1 Å². The predicted molar refractivity (Wildman–Crippen MR) is 86.8 cm³/mol. The smallest absolute Gasteiger partial charge is 0.355 e. The van der Waals surface area contributed by atoms with Crippen molar-refractivity contribution in [1.29, 1.82) is 0 Å². The van der Waals surface area contributed by atoms with Crippen molar-refractivity contribution in [2.45, 2.75) is 6.92 Å². The number of anilines is 1. The van der Waals surface area contributed by atoms with Gasteiger partial charge < -0.3 is 23.8 Å². The van der Waals surface area contributed by atoms with Gasteiger partial charge in [-0.1, -0.05) is 0 Å².